The fraction of sp³-hybridized carbons (Fsp3) is 0.357. The van der Waals surface area contributed by atoms with E-state index in [-0.39, 0.29) is 5.91 Å². The number of benzene rings is 1. The Morgan fingerprint density at radius 2 is 1.88 bits per heavy atom. The highest BCUT2D eigenvalue weighted by Crippen LogP contribution is 2.13. The predicted molar refractivity (Wildman–Crippen MR) is 65.2 cm³/mol. The summed E-state index contributed by atoms with van der Waals surface area (Å²) >= 11 is 0. The molecule has 1 aromatic carbocycles. The van der Waals surface area contributed by atoms with Crippen molar-refractivity contribution in [3.05, 3.63) is 41.8 Å². The van der Waals surface area contributed by atoms with E-state index in [0.717, 1.165) is 31.5 Å². The lowest BCUT2D eigenvalue weighted by atomic mass is 10.1. The van der Waals surface area contributed by atoms with E-state index in [0.29, 0.717) is 12.0 Å². The van der Waals surface area contributed by atoms with Gasteiger partial charge >= 0.3 is 0 Å². The number of amides is 1. The van der Waals surface area contributed by atoms with Crippen LogP contribution in [-0.2, 0) is 6.42 Å². The van der Waals surface area contributed by atoms with Crippen molar-refractivity contribution in [1.82, 2.24) is 4.90 Å². The minimum absolute atomic E-state index is 0.0987. The van der Waals surface area contributed by atoms with E-state index in [2.05, 4.69) is 12.5 Å². The smallest absolute Gasteiger partial charge is 0.253 e. The Balaban J connectivity index is 2.06. The largest absolute Gasteiger partial charge is 0.339 e. The maximum absolute atomic E-state index is 12.1. The molecule has 1 aliphatic rings. The van der Waals surface area contributed by atoms with E-state index in [4.69, 9.17) is 5.26 Å². The van der Waals surface area contributed by atoms with Gasteiger partial charge in [0.05, 0.1) is 12.5 Å². The molecule has 87 valence electrons. The van der Waals surface area contributed by atoms with Crippen LogP contribution in [0.3, 0.4) is 0 Å². The number of hydrogen-bond donors (Lipinski definition) is 0. The van der Waals surface area contributed by atoms with Crippen molar-refractivity contribution >= 4 is 5.91 Å². The van der Waals surface area contributed by atoms with Crippen LogP contribution in [-0.4, -0.2) is 23.9 Å². The summed E-state index contributed by atoms with van der Waals surface area (Å²) in [5.41, 5.74) is 1.67. The molecule has 1 aliphatic heterocycles. The Hall–Kier alpha value is -1.82. The molecule has 17 heavy (non-hydrogen) atoms. The lowest BCUT2D eigenvalue weighted by Crippen LogP contribution is -2.35. The highest BCUT2D eigenvalue weighted by atomic mass is 16.2. The summed E-state index contributed by atoms with van der Waals surface area (Å²) in [5.74, 6) is 0.0987. The second-order valence-corrected chi connectivity index (χ2v) is 4.19. The third-order valence-electron chi connectivity index (χ3n) is 2.98. The Bertz CT molecular complexity index is 425. The first-order chi connectivity index (χ1) is 8.31. The molecule has 0 unspecified atom stereocenters. The number of likely N-dealkylation sites (tertiary alicyclic amines) is 1. The first kappa shape index (κ1) is 11.7. The predicted octanol–water partition coefficient (Wildman–Crippen LogP) is 2.19. The summed E-state index contributed by atoms with van der Waals surface area (Å²) in [6.07, 6.45) is 4.59. The van der Waals surface area contributed by atoms with Gasteiger partial charge in [-0.15, -0.1) is 0 Å². The molecule has 1 amide bonds. The lowest BCUT2D eigenvalue weighted by molar-refractivity contribution is 0.0742. The van der Waals surface area contributed by atoms with Gasteiger partial charge in [0.25, 0.3) is 5.91 Å². The van der Waals surface area contributed by atoms with E-state index < -0.39 is 0 Å². The molecule has 0 aromatic heterocycles. The highest BCUT2D eigenvalue weighted by molar-refractivity contribution is 5.94. The second kappa shape index (κ2) is 5.49. The summed E-state index contributed by atoms with van der Waals surface area (Å²) in [6.45, 7) is 1.64. The van der Waals surface area contributed by atoms with Crippen LogP contribution in [0, 0.1) is 17.8 Å². The fourth-order valence-electron chi connectivity index (χ4n) is 1.99. The molecule has 1 radical (unpaired) electrons. The summed E-state index contributed by atoms with van der Waals surface area (Å²) in [7, 11) is 0. The van der Waals surface area contributed by atoms with Gasteiger partial charge in [0.2, 0.25) is 0 Å². The number of piperidine rings is 1. The van der Waals surface area contributed by atoms with Crippen LogP contribution in [0.15, 0.2) is 24.3 Å². The van der Waals surface area contributed by atoms with E-state index >= 15 is 0 Å². The van der Waals surface area contributed by atoms with Gasteiger partial charge in [-0.2, -0.15) is 5.26 Å². The zero-order valence-electron chi connectivity index (χ0n) is 9.72. The third-order valence-corrected chi connectivity index (χ3v) is 2.98. The number of carbonyl (C=O) groups excluding carboxylic acids is 1. The van der Waals surface area contributed by atoms with Crippen molar-refractivity contribution in [1.29, 1.82) is 5.26 Å². The van der Waals surface area contributed by atoms with Crippen molar-refractivity contribution in [2.75, 3.05) is 13.1 Å². The number of rotatable bonds is 2. The molecule has 2 rings (SSSR count). The van der Waals surface area contributed by atoms with Crippen molar-refractivity contribution < 1.29 is 4.79 Å². The van der Waals surface area contributed by atoms with E-state index in [1.54, 1.807) is 0 Å². The molecule has 0 bridgehead atoms. The van der Waals surface area contributed by atoms with Crippen molar-refractivity contribution in [3.8, 4) is 6.07 Å². The van der Waals surface area contributed by atoms with E-state index in [9.17, 15) is 4.79 Å². The first-order valence-corrected chi connectivity index (χ1v) is 5.88. The molecule has 0 spiro atoms. The minimum atomic E-state index is 0.0987. The second-order valence-electron chi connectivity index (χ2n) is 4.19. The third kappa shape index (κ3) is 2.85. The van der Waals surface area contributed by atoms with Gasteiger partial charge in [-0.25, -0.2) is 0 Å². The molecule has 0 N–H and O–H groups in total. The number of hydrogen-bond acceptors (Lipinski definition) is 2. The molecule has 1 fully saturated rings. The molecule has 3 heteroatoms. The summed E-state index contributed by atoms with van der Waals surface area (Å²) in [6, 6.07) is 9.43. The SMILES string of the molecule is N#CCc1ccc(C(=O)N2CC[CH]CC2)cc1. The van der Waals surface area contributed by atoms with Gasteiger partial charge in [-0.1, -0.05) is 12.1 Å². The molecule has 0 aliphatic carbocycles. The van der Waals surface area contributed by atoms with Crippen molar-refractivity contribution in [2.45, 2.75) is 19.3 Å². The fourth-order valence-corrected chi connectivity index (χ4v) is 1.99. The van der Waals surface area contributed by atoms with Crippen molar-refractivity contribution in [3.63, 3.8) is 0 Å². The van der Waals surface area contributed by atoms with Gasteiger partial charge in [0.15, 0.2) is 0 Å². The minimum Gasteiger partial charge on any atom is -0.339 e. The molecule has 1 saturated heterocycles. The average Bonchev–Trinajstić information content (AvgIpc) is 2.40. The number of nitrogens with zero attached hydrogens (tertiary/aromatic N) is 2. The summed E-state index contributed by atoms with van der Waals surface area (Å²) in [4.78, 5) is 14.0. The molecule has 3 nitrogen and oxygen atoms in total. The Kier molecular flexibility index (Phi) is 3.77. The molecule has 1 aromatic rings. The zero-order chi connectivity index (χ0) is 12.1. The zero-order valence-corrected chi connectivity index (χ0v) is 9.72. The van der Waals surface area contributed by atoms with Crippen molar-refractivity contribution in [2.24, 2.45) is 0 Å². The first-order valence-electron chi connectivity index (χ1n) is 5.88. The van der Waals surface area contributed by atoms with Gasteiger partial charge in [0.1, 0.15) is 0 Å². The summed E-state index contributed by atoms with van der Waals surface area (Å²) < 4.78 is 0. The van der Waals surface area contributed by atoms with E-state index in [1.165, 1.54) is 0 Å². The Morgan fingerprint density at radius 1 is 1.24 bits per heavy atom. The lowest BCUT2D eigenvalue weighted by Gasteiger charge is -2.26. The standard InChI is InChI=1S/C14H15N2O/c15-9-8-12-4-6-13(7-5-12)14(17)16-10-2-1-3-11-16/h1,4-7H,2-3,8,10-11H2. The van der Waals surface area contributed by atoms with Crippen LogP contribution < -0.4 is 0 Å². The summed E-state index contributed by atoms with van der Waals surface area (Å²) in [5, 5.41) is 8.57. The topological polar surface area (TPSA) is 44.1 Å². The van der Waals surface area contributed by atoms with Crippen LogP contribution in [0.2, 0.25) is 0 Å². The average molecular weight is 227 g/mol. The maximum atomic E-state index is 12.1. The highest BCUT2D eigenvalue weighted by Gasteiger charge is 2.17. The number of carbonyl (C=O) groups is 1. The van der Waals surface area contributed by atoms with E-state index in [1.807, 2.05) is 29.2 Å². The molecule has 1 heterocycles. The molecular weight excluding hydrogens is 212 g/mol. The van der Waals surface area contributed by atoms with Gasteiger partial charge < -0.3 is 4.90 Å². The molecule has 0 atom stereocenters. The monoisotopic (exact) mass is 227 g/mol. The molecule has 0 saturated carbocycles. The quantitative estimate of drug-likeness (QED) is 0.777. The van der Waals surface area contributed by atoms with Crippen LogP contribution in [0.4, 0.5) is 0 Å². The normalized spacial score (nSPS) is 15.4. The van der Waals surface area contributed by atoms with Crippen LogP contribution >= 0.6 is 0 Å². The Labute approximate surface area is 102 Å². The molecular formula is C14H15N2O. The van der Waals surface area contributed by atoms with Crippen LogP contribution in [0.1, 0.15) is 28.8 Å². The number of nitriles is 1. The maximum Gasteiger partial charge on any atom is 0.253 e. The van der Waals surface area contributed by atoms with Gasteiger partial charge in [0, 0.05) is 18.7 Å². The van der Waals surface area contributed by atoms with Gasteiger partial charge in [-0.3, -0.25) is 4.79 Å². The Morgan fingerprint density at radius 3 is 2.47 bits per heavy atom. The van der Waals surface area contributed by atoms with Crippen LogP contribution in [0.5, 0.6) is 0 Å². The van der Waals surface area contributed by atoms with Crippen LogP contribution in [0.25, 0.3) is 0 Å². The van der Waals surface area contributed by atoms with Gasteiger partial charge in [-0.05, 0) is 37.0 Å².